The Balaban J connectivity index is 0. The van der Waals surface area contributed by atoms with Crippen molar-refractivity contribution < 1.29 is 20.1 Å². The molecule has 0 fully saturated rings. The topological polar surface area (TPSA) is 0 Å². The summed E-state index contributed by atoms with van der Waals surface area (Å²) in [7, 11) is 0. The van der Waals surface area contributed by atoms with Crippen molar-refractivity contribution >= 4 is 0 Å². The van der Waals surface area contributed by atoms with Crippen LogP contribution in [0, 0.1) is 36.5 Å². The van der Waals surface area contributed by atoms with E-state index in [9.17, 15) is 0 Å². The van der Waals surface area contributed by atoms with Gasteiger partial charge in [-0.2, -0.15) is 0 Å². The summed E-state index contributed by atoms with van der Waals surface area (Å²) >= 11 is 0. The molecule has 0 bridgehead atoms. The van der Waals surface area contributed by atoms with Gasteiger partial charge in [0.1, 0.15) is 0 Å². The molecule has 0 aliphatic carbocycles. The van der Waals surface area contributed by atoms with E-state index in [0.29, 0.717) is 0 Å². The number of hydrogen-bond donors (Lipinski definition) is 0. The van der Waals surface area contributed by atoms with Gasteiger partial charge in [-0.25, -0.2) is 5.92 Å². The van der Waals surface area contributed by atoms with Gasteiger partial charge in [-0.15, -0.1) is 12.3 Å². The Labute approximate surface area is 57.0 Å². The fourth-order valence-electron chi connectivity index (χ4n) is 0.0673. The van der Waals surface area contributed by atoms with Gasteiger partial charge in [0.15, 0.2) is 0 Å². The maximum absolute atomic E-state index is 6.19. The van der Waals surface area contributed by atoms with E-state index in [1.54, 1.807) is 0 Å². The van der Waals surface area contributed by atoms with Gasteiger partial charge >= 0.3 is 0 Å². The van der Waals surface area contributed by atoms with Crippen molar-refractivity contribution in [3.8, 4) is 30.1 Å². The van der Waals surface area contributed by atoms with Crippen molar-refractivity contribution in [2.24, 2.45) is 0 Å². The fourth-order valence-corrected chi connectivity index (χ4v) is 0.0673. The van der Waals surface area contributed by atoms with Crippen LogP contribution in [0.2, 0.25) is 0 Å². The molecule has 0 heterocycles. The normalized spacial score (nSPS) is 2.57. The Bertz CT molecular complexity index is 137. The SMILES string of the molecule is [C-]#CC#CC#C.[Ir]. The fraction of sp³-hybridized carbons (Fsp3) is 0. The quantitative estimate of drug-likeness (QED) is 0.434. The zero-order chi connectivity index (χ0) is 4.83. The van der Waals surface area contributed by atoms with E-state index in [4.69, 9.17) is 6.42 Å². The van der Waals surface area contributed by atoms with Crippen LogP contribution in [0.5, 0.6) is 0 Å². The molecule has 7 heavy (non-hydrogen) atoms. The first kappa shape index (κ1) is 9.59. The Morgan fingerprint density at radius 1 is 1.29 bits per heavy atom. The average Bonchev–Trinajstić information content (AvgIpc) is 1.61. The molecule has 0 aliphatic heterocycles. The molecular weight excluding hydrogens is 264 g/mol. The van der Waals surface area contributed by atoms with Crippen LogP contribution >= 0.6 is 0 Å². The smallest absolute Gasteiger partial charge is 0 e. The summed E-state index contributed by atoms with van der Waals surface area (Å²) in [6.07, 6.45) is 10.9. The Morgan fingerprint density at radius 3 is 2.00 bits per heavy atom. The van der Waals surface area contributed by atoms with Crippen molar-refractivity contribution in [3.63, 3.8) is 0 Å². The molecule has 0 aliphatic rings. The summed E-state index contributed by atoms with van der Waals surface area (Å²) in [5.74, 6) is 8.15. The Hall–Kier alpha value is -0.671. The monoisotopic (exact) mass is 266 g/mol. The Kier molecular flexibility index (Phi) is 12.3. The average molecular weight is 265 g/mol. The van der Waals surface area contributed by atoms with Gasteiger partial charge < -0.3 is 6.42 Å². The molecule has 0 nitrogen and oxygen atoms in total. The van der Waals surface area contributed by atoms with Crippen molar-refractivity contribution in [1.82, 2.24) is 0 Å². The van der Waals surface area contributed by atoms with E-state index in [2.05, 4.69) is 18.3 Å². The van der Waals surface area contributed by atoms with Crippen LogP contribution in [0.3, 0.4) is 0 Å². The van der Waals surface area contributed by atoms with Gasteiger partial charge in [0.2, 0.25) is 0 Å². The van der Waals surface area contributed by atoms with E-state index in [1.807, 2.05) is 11.8 Å². The van der Waals surface area contributed by atoms with Gasteiger partial charge in [-0.05, 0) is 5.92 Å². The van der Waals surface area contributed by atoms with E-state index >= 15 is 0 Å². The third-order valence-corrected chi connectivity index (χ3v) is 0.197. The number of rotatable bonds is 0. The second-order valence-electron chi connectivity index (χ2n) is 0.519. The number of terminal acetylenes is 1. The molecule has 0 N–H and O–H groups in total. The maximum Gasteiger partial charge on any atom is 0 e. The summed E-state index contributed by atoms with van der Waals surface area (Å²) in [4.78, 5) is 0. The van der Waals surface area contributed by atoms with E-state index in [1.165, 1.54) is 0 Å². The standard InChI is InChI=1S/C6H.Ir/c1-3-5-6-4-2;/h1H;/q-1;. The predicted molar refractivity (Wildman–Crippen MR) is 23.7 cm³/mol. The number of hydrogen-bond acceptors (Lipinski definition) is 0. The minimum Gasteiger partial charge on any atom is -0.358 e. The molecule has 0 atom stereocenters. The zero-order valence-electron chi connectivity index (χ0n) is 3.41. The van der Waals surface area contributed by atoms with Crippen molar-refractivity contribution in [1.29, 1.82) is 0 Å². The van der Waals surface area contributed by atoms with Gasteiger partial charge in [0, 0.05) is 20.1 Å². The van der Waals surface area contributed by atoms with Crippen LogP contribution in [-0.4, -0.2) is 0 Å². The van der Waals surface area contributed by atoms with Crippen molar-refractivity contribution in [2.45, 2.75) is 0 Å². The first-order chi connectivity index (χ1) is 2.91. The molecule has 0 saturated carbocycles. The van der Waals surface area contributed by atoms with Crippen LogP contribution in [0.4, 0.5) is 0 Å². The summed E-state index contributed by atoms with van der Waals surface area (Å²) in [6.45, 7) is 0. The van der Waals surface area contributed by atoms with Crippen LogP contribution in [0.1, 0.15) is 0 Å². The van der Waals surface area contributed by atoms with E-state index < -0.39 is 0 Å². The van der Waals surface area contributed by atoms with Crippen molar-refractivity contribution in [3.05, 3.63) is 6.42 Å². The van der Waals surface area contributed by atoms with Crippen LogP contribution in [0.15, 0.2) is 0 Å². The first-order valence-electron chi connectivity index (χ1n) is 1.29. The molecule has 0 aromatic rings. The molecule has 0 unspecified atom stereocenters. The summed E-state index contributed by atoms with van der Waals surface area (Å²) in [5, 5.41) is 0. The third kappa shape index (κ3) is 10.9. The summed E-state index contributed by atoms with van der Waals surface area (Å²) < 4.78 is 0. The molecule has 0 rings (SSSR count). The molecular formula is C6HIr-. The molecule has 0 saturated heterocycles. The predicted octanol–water partition coefficient (Wildman–Crippen LogP) is 0.210. The zero-order valence-corrected chi connectivity index (χ0v) is 5.81. The second-order valence-corrected chi connectivity index (χ2v) is 0.519. The first-order valence-corrected chi connectivity index (χ1v) is 1.29. The van der Waals surface area contributed by atoms with Crippen LogP contribution in [-0.2, 0) is 20.1 Å². The maximum atomic E-state index is 6.19. The second kappa shape index (κ2) is 9.01. The van der Waals surface area contributed by atoms with E-state index in [0.717, 1.165) is 0 Å². The molecule has 0 amide bonds. The minimum atomic E-state index is 0. The molecule has 0 aromatic carbocycles. The molecule has 0 aromatic heterocycles. The summed E-state index contributed by atoms with van der Waals surface area (Å²) in [5.41, 5.74) is 0. The van der Waals surface area contributed by atoms with E-state index in [-0.39, 0.29) is 20.1 Å². The third-order valence-electron chi connectivity index (χ3n) is 0.197. The largest absolute Gasteiger partial charge is 0.358 e. The van der Waals surface area contributed by atoms with Gasteiger partial charge in [0.25, 0.3) is 0 Å². The minimum absolute atomic E-state index is 0. The molecule has 1 heteroatoms. The Morgan fingerprint density at radius 2 is 1.86 bits per heavy atom. The molecule has 0 spiro atoms. The van der Waals surface area contributed by atoms with Gasteiger partial charge in [-0.1, -0.05) is 0 Å². The van der Waals surface area contributed by atoms with Crippen LogP contribution in [0.25, 0.3) is 0 Å². The molecule has 1 radical (unpaired) electrons. The van der Waals surface area contributed by atoms with Crippen LogP contribution < -0.4 is 0 Å². The summed E-state index contributed by atoms with van der Waals surface area (Å²) in [6, 6.07) is 0. The van der Waals surface area contributed by atoms with Gasteiger partial charge in [0.05, 0.1) is 0 Å². The van der Waals surface area contributed by atoms with Crippen molar-refractivity contribution in [2.75, 3.05) is 0 Å². The molecule has 35 valence electrons. The van der Waals surface area contributed by atoms with Gasteiger partial charge in [-0.3, -0.25) is 5.92 Å².